The summed E-state index contributed by atoms with van der Waals surface area (Å²) >= 11 is 1.25. The summed E-state index contributed by atoms with van der Waals surface area (Å²) in [7, 11) is 0. The van der Waals surface area contributed by atoms with Gasteiger partial charge in [-0.2, -0.15) is 4.37 Å². The highest BCUT2D eigenvalue weighted by Gasteiger charge is 2.26. The maximum Gasteiger partial charge on any atom is 0.289 e. The maximum absolute atomic E-state index is 12.2. The summed E-state index contributed by atoms with van der Waals surface area (Å²) in [5.41, 5.74) is 5.22. The van der Waals surface area contributed by atoms with E-state index in [1.165, 1.54) is 11.5 Å². The summed E-state index contributed by atoms with van der Waals surface area (Å²) in [6, 6.07) is 3.46. The van der Waals surface area contributed by atoms with Gasteiger partial charge in [-0.25, -0.2) is 9.97 Å². The summed E-state index contributed by atoms with van der Waals surface area (Å²) in [5, 5.41) is 0. The number of aromatic nitrogens is 3. The van der Waals surface area contributed by atoms with Crippen LogP contribution in [0.2, 0.25) is 0 Å². The van der Waals surface area contributed by atoms with Crippen molar-refractivity contribution in [1.29, 1.82) is 0 Å². The fourth-order valence-electron chi connectivity index (χ4n) is 2.55. The van der Waals surface area contributed by atoms with Crippen molar-refractivity contribution in [2.75, 3.05) is 18.0 Å². The van der Waals surface area contributed by atoms with Gasteiger partial charge in [-0.15, -0.1) is 0 Å². The van der Waals surface area contributed by atoms with E-state index in [0.717, 1.165) is 4.88 Å². The van der Waals surface area contributed by atoms with Gasteiger partial charge in [0.2, 0.25) is 11.9 Å². The molecule has 0 saturated carbocycles. The molecule has 9 heteroatoms. The zero-order valence-corrected chi connectivity index (χ0v) is 14.0. The van der Waals surface area contributed by atoms with Crippen LogP contribution in [0.15, 0.2) is 24.5 Å². The van der Waals surface area contributed by atoms with E-state index in [0.29, 0.717) is 37.6 Å². The minimum Gasteiger partial charge on any atom is -0.341 e. The van der Waals surface area contributed by atoms with Crippen molar-refractivity contribution in [3.05, 3.63) is 35.1 Å². The van der Waals surface area contributed by atoms with Crippen molar-refractivity contribution >= 4 is 29.3 Å². The third-order valence-corrected chi connectivity index (χ3v) is 4.55. The lowest BCUT2D eigenvalue weighted by molar-refractivity contribution is -0.126. The second kappa shape index (κ2) is 7.35. The number of hydrogen-bond donors (Lipinski definition) is 2. The number of rotatable bonds is 3. The molecule has 3 heterocycles. The van der Waals surface area contributed by atoms with E-state index in [2.05, 4.69) is 30.1 Å². The number of hydrazine groups is 1. The van der Waals surface area contributed by atoms with Crippen LogP contribution in [0.25, 0.3) is 0 Å². The first kappa shape index (κ1) is 16.3. The number of carbonyl (C=O) groups is 2. The van der Waals surface area contributed by atoms with Gasteiger partial charge in [0.05, 0.1) is 0 Å². The molecule has 0 radical (unpaired) electrons. The number of carbonyl (C=O) groups excluding carboxylic acids is 2. The molecule has 2 N–H and O–H groups in total. The standard InChI is InChI=1S/C15H18N6O2S/c1-10-9-12(20-24-10)14(23)19-18-13(22)11-3-7-21(8-4-11)15-16-5-2-6-17-15/h2,5-6,9,11H,3-4,7-8H2,1H3,(H,18,22)(H,19,23). The average Bonchev–Trinajstić information content (AvgIpc) is 3.07. The van der Waals surface area contributed by atoms with Gasteiger partial charge in [-0.3, -0.25) is 20.4 Å². The predicted molar refractivity (Wildman–Crippen MR) is 89.4 cm³/mol. The molecule has 2 aromatic rings. The van der Waals surface area contributed by atoms with Crippen LogP contribution in [0.5, 0.6) is 0 Å². The summed E-state index contributed by atoms with van der Waals surface area (Å²) < 4.78 is 4.01. The number of hydrogen-bond acceptors (Lipinski definition) is 7. The molecule has 2 amide bonds. The Kier molecular flexibility index (Phi) is 4.99. The van der Waals surface area contributed by atoms with Crippen LogP contribution in [0, 0.1) is 12.8 Å². The molecule has 0 unspecified atom stereocenters. The molecule has 126 valence electrons. The Balaban J connectivity index is 1.46. The van der Waals surface area contributed by atoms with Crippen LogP contribution in [-0.4, -0.2) is 39.2 Å². The number of nitrogens with zero attached hydrogens (tertiary/aromatic N) is 4. The van der Waals surface area contributed by atoms with Crippen LogP contribution in [0.4, 0.5) is 5.95 Å². The molecule has 0 bridgehead atoms. The fraction of sp³-hybridized carbons (Fsp3) is 0.400. The van der Waals surface area contributed by atoms with E-state index in [4.69, 9.17) is 0 Å². The minimum atomic E-state index is -0.400. The predicted octanol–water partition coefficient (Wildman–Crippen LogP) is 0.919. The zero-order valence-electron chi connectivity index (χ0n) is 13.2. The number of anilines is 1. The Morgan fingerprint density at radius 3 is 2.54 bits per heavy atom. The lowest BCUT2D eigenvalue weighted by Gasteiger charge is -2.31. The molecule has 3 rings (SSSR count). The molecule has 0 aliphatic carbocycles. The lowest BCUT2D eigenvalue weighted by Crippen LogP contribution is -2.47. The van der Waals surface area contributed by atoms with E-state index in [1.807, 2.05) is 6.92 Å². The first-order valence-corrected chi connectivity index (χ1v) is 8.46. The van der Waals surface area contributed by atoms with Crippen molar-refractivity contribution < 1.29 is 9.59 Å². The number of piperidine rings is 1. The minimum absolute atomic E-state index is 0.137. The lowest BCUT2D eigenvalue weighted by atomic mass is 9.96. The molecule has 24 heavy (non-hydrogen) atoms. The van der Waals surface area contributed by atoms with Crippen molar-refractivity contribution in [1.82, 2.24) is 25.2 Å². The Morgan fingerprint density at radius 1 is 1.21 bits per heavy atom. The van der Waals surface area contributed by atoms with Crippen LogP contribution in [0.3, 0.4) is 0 Å². The van der Waals surface area contributed by atoms with Gasteiger partial charge in [-0.1, -0.05) is 0 Å². The third-order valence-electron chi connectivity index (χ3n) is 3.86. The molecule has 8 nitrogen and oxygen atoms in total. The molecule has 1 aliphatic rings. The number of aryl methyl sites for hydroxylation is 1. The van der Waals surface area contributed by atoms with E-state index in [1.54, 1.807) is 24.5 Å². The normalized spacial score (nSPS) is 15.1. The smallest absolute Gasteiger partial charge is 0.289 e. The summed E-state index contributed by atoms with van der Waals surface area (Å²) in [6.45, 7) is 3.29. The molecule has 0 atom stereocenters. The highest BCUT2D eigenvalue weighted by molar-refractivity contribution is 7.05. The second-order valence-corrected chi connectivity index (χ2v) is 6.59. The topological polar surface area (TPSA) is 100 Å². The first-order valence-electron chi connectivity index (χ1n) is 7.69. The first-order chi connectivity index (χ1) is 11.6. The highest BCUT2D eigenvalue weighted by atomic mass is 32.1. The molecular weight excluding hydrogens is 328 g/mol. The van der Waals surface area contributed by atoms with Gasteiger partial charge < -0.3 is 4.90 Å². The average molecular weight is 346 g/mol. The van der Waals surface area contributed by atoms with Crippen molar-refractivity contribution in [3.8, 4) is 0 Å². The molecule has 1 saturated heterocycles. The molecule has 0 spiro atoms. The Morgan fingerprint density at radius 2 is 1.92 bits per heavy atom. The van der Waals surface area contributed by atoms with Crippen molar-refractivity contribution in [3.63, 3.8) is 0 Å². The fourth-order valence-corrected chi connectivity index (χ4v) is 3.10. The SMILES string of the molecule is Cc1cc(C(=O)NNC(=O)C2CCN(c3ncccn3)CC2)ns1. The molecular formula is C15H18N6O2S. The van der Waals surface area contributed by atoms with Crippen LogP contribution < -0.4 is 15.8 Å². The molecule has 1 fully saturated rings. The van der Waals surface area contributed by atoms with Gasteiger partial charge in [0.15, 0.2) is 0 Å². The van der Waals surface area contributed by atoms with Crippen LogP contribution >= 0.6 is 11.5 Å². The largest absolute Gasteiger partial charge is 0.341 e. The van der Waals surface area contributed by atoms with E-state index >= 15 is 0 Å². The highest BCUT2D eigenvalue weighted by Crippen LogP contribution is 2.20. The van der Waals surface area contributed by atoms with E-state index < -0.39 is 5.91 Å². The molecule has 0 aromatic carbocycles. The molecule has 2 aromatic heterocycles. The second-order valence-electron chi connectivity index (χ2n) is 5.58. The van der Waals surface area contributed by atoms with Crippen molar-refractivity contribution in [2.45, 2.75) is 19.8 Å². The van der Waals surface area contributed by atoms with Crippen LogP contribution in [-0.2, 0) is 4.79 Å². The zero-order chi connectivity index (χ0) is 16.9. The number of amides is 2. The van der Waals surface area contributed by atoms with E-state index in [9.17, 15) is 9.59 Å². The van der Waals surface area contributed by atoms with Gasteiger partial charge in [-0.05, 0) is 43.4 Å². The van der Waals surface area contributed by atoms with E-state index in [-0.39, 0.29) is 11.8 Å². The van der Waals surface area contributed by atoms with Crippen molar-refractivity contribution in [2.24, 2.45) is 5.92 Å². The monoisotopic (exact) mass is 346 g/mol. The van der Waals surface area contributed by atoms with Gasteiger partial charge in [0.1, 0.15) is 5.69 Å². The quantitative estimate of drug-likeness (QED) is 0.802. The summed E-state index contributed by atoms with van der Waals surface area (Å²) in [6.07, 6.45) is 4.79. The third kappa shape index (κ3) is 3.85. The van der Waals surface area contributed by atoms with Gasteiger partial charge in [0.25, 0.3) is 5.91 Å². The van der Waals surface area contributed by atoms with Gasteiger partial charge in [0, 0.05) is 36.3 Å². The maximum atomic E-state index is 12.2. The summed E-state index contributed by atoms with van der Waals surface area (Å²) in [5.74, 6) is -0.0299. The van der Waals surface area contributed by atoms with Crippen LogP contribution in [0.1, 0.15) is 28.2 Å². The Bertz CT molecular complexity index is 712. The Labute approximate surface area is 143 Å². The molecule has 1 aliphatic heterocycles. The Hall–Kier alpha value is -2.55. The van der Waals surface area contributed by atoms with Gasteiger partial charge >= 0.3 is 0 Å². The number of nitrogens with one attached hydrogen (secondary N) is 2. The summed E-state index contributed by atoms with van der Waals surface area (Å²) in [4.78, 5) is 35.5.